The molecule has 0 unspecified atom stereocenters. The smallest absolute Gasteiger partial charge is 0.260 e. The summed E-state index contributed by atoms with van der Waals surface area (Å²) in [6.07, 6.45) is -0.00865. The molecule has 4 rings (SSSR count). The lowest BCUT2D eigenvalue weighted by Crippen LogP contribution is -2.14. The van der Waals surface area contributed by atoms with Gasteiger partial charge in [0, 0.05) is 11.3 Å². The summed E-state index contributed by atoms with van der Waals surface area (Å²) >= 11 is 1.15. The van der Waals surface area contributed by atoms with E-state index in [0.29, 0.717) is 27.8 Å². The van der Waals surface area contributed by atoms with Crippen molar-refractivity contribution in [1.29, 1.82) is 0 Å². The highest BCUT2D eigenvalue weighted by Gasteiger charge is 2.20. The van der Waals surface area contributed by atoms with Crippen molar-refractivity contribution in [2.45, 2.75) is 13.2 Å². The average molecular weight is 407 g/mol. The fourth-order valence-electron chi connectivity index (χ4n) is 2.83. The summed E-state index contributed by atoms with van der Waals surface area (Å²) in [4.78, 5) is 21.7. The van der Waals surface area contributed by atoms with E-state index < -0.39 is 6.29 Å². The van der Waals surface area contributed by atoms with Gasteiger partial charge in [0.15, 0.2) is 6.29 Å². The van der Waals surface area contributed by atoms with Crippen LogP contribution in [0.5, 0.6) is 0 Å². The quantitative estimate of drug-likeness (QED) is 0.374. The van der Waals surface area contributed by atoms with Gasteiger partial charge in [0.25, 0.3) is 5.91 Å². The van der Waals surface area contributed by atoms with Crippen molar-refractivity contribution in [1.82, 2.24) is 14.3 Å². The van der Waals surface area contributed by atoms with Gasteiger partial charge in [-0.05, 0) is 42.7 Å². The van der Waals surface area contributed by atoms with E-state index in [4.69, 9.17) is 0 Å². The lowest BCUT2D eigenvalue weighted by atomic mass is 10.1. The van der Waals surface area contributed by atoms with Crippen LogP contribution in [0, 0.1) is 6.92 Å². The van der Waals surface area contributed by atoms with Gasteiger partial charge in [-0.25, -0.2) is 4.98 Å². The third kappa shape index (κ3) is 4.06. The number of hydrogen-bond acceptors (Lipinski definition) is 8. The van der Waals surface area contributed by atoms with Gasteiger partial charge in [-0.15, -0.1) is 0 Å². The molecule has 0 bridgehead atoms. The number of carbonyl (C=O) groups is 1. The van der Waals surface area contributed by atoms with Gasteiger partial charge >= 0.3 is 0 Å². The van der Waals surface area contributed by atoms with Gasteiger partial charge in [0.2, 0.25) is 0 Å². The topological polar surface area (TPSA) is 120 Å². The number of carbonyl (C=O) groups excluding carboxylic acids is 1. The Morgan fingerprint density at radius 3 is 2.69 bits per heavy atom. The van der Waals surface area contributed by atoms with E-state index in [-0.39, 0.29) is 11.5 Å². The molecule has 0 aliphatic heterocycles. The summed E-state index contributed by atoms with van der Waals surface area (Å²) in [6.45, 7) is 1.75. The Balaban J connectivity index is 1.59. The molecular formula is C20H17N5O3S. The van der Waals surface area contributed by atoms with E-state index >= 15 is 0 Å². The molecule has 0 atom stereocenters. The molecule has 0 saturated carbocycles. The zero-order valence-corrected chi connectivity index (χ0v) is 16.1. The number of benzene rings is 2. The van der Waals surface area contributed by atoms with Crippen LogP contribution in [0.1, 0.15) is 27.9 Å². The zero-order chi connectivity index (χ0) is 20.4. The van der Waals surface area contributed by atoms with Crippen molar-refractivity contribution in [2.75, 3.05) is 10.6 Å². The summed E-state index contributed by atoms with van der Waals surface area (Å²) in [5.41, 5.74) is 3.21. The van der Waals surface area contributed by atoms with Crippen molar-refractivity contribution in [2.24, 2.45) is 0 Å². The van der Waals surface area contributed by atoms with E-state index in [0.717, 1.165) is 22.6 Å². The van der Waals surface area contributed by atoms with Gasteiger partial charge < -0.3 is 20.8 Å². The van der Waals surface area contributed by atoms with Gasteiger partial charge in [0.05, 0.1) is 28.5 Å². The van der Waals surface area contributed by atoms with Crippen LogP contribution in [0.3, 0.4) is 0 Å². The number of para-hydroxylation sites is 2. The fourth-order valence-corrected chi connectivity index (χ4v) is 3.63. The number of anilines is 3. The summed E-state index contributed by atoms with van der Waals surface area (Å²) in [6, 6.07) is 13.9. The van der Waals surface area contributed by atoms with E-state index in [1.54, 1.807) is 31.3 Å². The van der Waals surface area contributed by atoms with Crippen LogP contribution in [0.4, 0.5) is 16.5 Å². The highest BCUT2D eigenvalue weighted by atomic mass is 32.1. The van der Waals surface area contributed by atoms with Crippen LogP contribution in [-0.4, -0.2) is 30.5 Å². The Hall–Kier alpha value is -3.40. The van der Waals surface area contributed by atoms with E-state index in [2.05, 4.69) is 25.0 Å². The Bertz CT molecular complexity index is 1190. The number of aryl methyl sites for hydroxylation is 1. The normalized spacial score (nSPS) is 11.0. The number of aromatic nitrogens is 3. The zero-order valence-electron chi connectivity index (χ0n) is 15.3. The molecule has 29 heavy (non-hydrogen) atoms. The third-order valence-corrected chi connectivity index (χ3v) is 5.08. The monoisotopic (exact) mass is 407 g/mol. The molecular weight excluding hydrogens is 390 g/mol. The average Bonchev–Trinajstić information content (AvgIpc) is 3.08. The highest BCUT2D eigenvalue weighted by Crippen LogP contribution is 2.29. The van der Waals surface area contributed by atoms with Crippen LogP contribution in [-0.2, 0) is 0 Å². The lowest BCUT2D eigenvalue weighted by molar-refractivity contribution is -0.0424. The van der Waals surface area contributed by atoms with Crippen molar-refractivity contribution < 1.29 is 15.0 Å². The van der Waals surface area contributed by atoms with Crippen LogP contribution < -0.4 is 10.6 Å². The van der Waals surface area contributed by atoms with Crippen molar-refractivity contribution in [3.8, 4) is 0 Å². The maximum atomic E-state index is 12.9. The van der Waals surface area contributed by atoms with Gasteiger partial charge in [0.1, 0.15) is 10.8 Å². The van der Waals surface area contributed by atoms with E-state index in [1.165, 1.54) is 6.07 Å². The van der Waals surface area contributed by atoms with Crippen LogP contribution in [0.15, 0.2) is 54.7 Å². The molecule has 2 aromatic carbocycles. The molecule has 2 aromatic heterocycles. The summed E-state index contributed by atoms with van der Waals surface area (Å²) in [5.74, 6) is 0.142. The largest absolute Gasteiger partial charge is 0.364 e. The molecule has 1 amide bonds. The van der Waals surface area contributed by atoms with E-state index in [1.807, 2.05) is 24.3 Å². The van der Waals surface area contributed by atoms with Gasteiger partial charge in [-0.3, -0.25) is 9.78 Å². The predicted octanol–water partition coefficient (Wildman–Crippen LogP) is 3.37. The van der Waals surface area contributed by atoms with Crippen molar-refractivity contribution in [3.05, 3.63) is 71.5 Å². The first kappa shape index (κ1) is 18.9. The number of aliphatic hydroxyl groups excluding tert-OH is 1. The molecule has 146 valence electrons. The first-order chi connectivity index (χ1) is 14.0. The molecule has 0 radical (unpaired) electrons. The minimum Gasteiger partial charge on any atom is -0.364 e. The van der Waals surface area contributed by atoms with Gasteiger partial charge in [-0.1, -0.05) is 24.3 Å². The number of fused-ring (bicyclic) bond motifs is 1. The Labute approximate surface area is 170 Å². The lowest BCUT2D eigenvalue weighted by Gasteiger charge is -2.10. The van der Waals surface area contributed by atoms with Gasteiger partial charge in [-0.2, -0.15) is 4.37 Å². The number of aliphatic hydroxyl groups is 2. The number of nitrogens with one attached hydrogen (secondary N) is 2. The molecule has 2 heterocycles. The van der Waals surface area contributed by atoms with Crippen molar-refractivity contribution >= 4 is 45.0 Å². The SMILES string of the molecule is Cc1nsc(Nc2cnc3ccccc3n2)c1C(=O)Nc1cccc(C(O)O)c1. The molecule has 0 aliphatic carbocycles. The fraction of sp³-hybridized carbons (Fsp3) is 0.100. The second-order valence-corrected chi connectivity index (χ2v) is 7.07. The second-order valence-electron chi connectivity index (χ2n) is 6.29. The Morgan fingerprint density at radius 2 is 1.90 bits per heavy atom. The summed E-state index contributed by atoms with van der Waals surface area (Å²) < 4.78 is 4.27. The number of rotatable bonds is 5. The maximum Gasteiger partial charge on any atom is 0.260 e. The molecule has 0 spiro atoms. The highest BCUT2D eigenvalue weighted by molar-refractivity contribution is 7.10. The number of amides is 1. The molecule has 0 saturated heterocycles. The number of nitrogens with zero attached hydrogens (tertiary/aromatic N) is 3. The number of hydrogen-bond donors (Lipinski definition) is 4. The first-order valence-electron chi connectivity index (χ1n) is 8.74. The summed E-state index contributed by atoms with van der Waals surface area (Å²) in [5, 5.41) is 25.0. The first-order valence-corrected chi connectivity index (χ1v) is 9.51. The van der Waals surface area contributed by atoms with Crippen molar-refractivity contribution in [3.63, 3.8) is 0 Å². The molecule has 8 nitrogen and oxygen atoms in total. The molecule has 9 heteroatoms. The maximum absolute atomic E-state index is 12.9. The predicted molar refractivity (Wildman–Crippen MR) is 111 cm³/mol. The molecule has 4 aromatic rings. The minimum atomic E-state index is -1.61. The second kappa shape index (κ2) is 7.92. The van der Waals surface area contributed by atoms with E-state index in [9.17, 15) is 15.0 Å². The Kier molecular flexibility index (Phi) is 5.17. The van der Waals surface area contributed by atoms with Crippen LogP contribution >= 0.6 is 11.5 Å². The Morgan fingerprint density at radius 1 is 1.10 bits per heavy atom. The molecule has 4 N–H and O–H groups in total. The minimum absolute atomic E-state index is 0.285. The third-order valence-electron chi connectivity index (χ3n) is 4.22. The standard InChI is InChI=1S/C20H17N5O3S/c1-11-17(18(26)22-13-6-4-5-12(9-13)20(27)28)19(29-25-11)24-16-10-21-14-7-2-3-8-15(14)23-16/h2-10,20,27-28H,1H3,(H,22,26)(H,23,24). The van der Waals surface area contributed by atoms with Crippen LogP contribution in [0.2, 0.25) is 0 Å². The molecule has 0 aliphatic rings. The summed E-state index contributed by atoms with van der Waals surface area (Å²) in [7, 11) is 0. The van der Waals surface area contributed by atoms with Crippen LogP contribution in [0.25, 0.3) is 11.0 Å². The molecule has 0 fully saturated rings.